The minimum atomic E-state index is -0.193. The summed E-state index contributed by atoms with van der Waals surface area (Å²) in [5.74, 6) is -0.193. The monoisotopic (exact) mass is 247 g/mol. The van der Waals surface area contributed by atoms with Crippen LogP contribution in [0.4, 0.5) is 0 Å². The standard InChI is InChI=1S/C7H10BrN3O2/c1-13-3-2-9-7(12)6-5(8)4-10-11-6/h4H,2-3H2,1H3,(H,9,12)(H,10,11). The first-order valence-electron chi connectivity index (χ1n) is 3.71. The molecule has 6 heteroatoms. The topological polar surface area (TPSA) is 67.0 Å². The number of hydrogen-bond acceptors (Lipinski definition) is 3. The molecule has 2 N–H and O–H groups in total. The molecule has 0 unspecified atom stereocenters. The second kappa shape index (κ2) is 4.98. The van der Waals surface area contributed by atoms with Gasteiger partial charge in [-0.3, -0.25) is 9.89 Å². The van der Waals surface area contributed by atoms with E-state index in [1.807, 2.05) is 0 Å². The first-order chi connectivity index (χ1) is 6.25. The molecule has 72 valence electrons. The molecule has 1 aromatic rings. The van der Waals surface area contributed by atoms with Crippen molar-refractivity contribution in [1.29, 1.82) is 0 Å². The first-order valence-corrected chi connectivity index (χ1v) is 4.51. The molecular weight excluding hydrogens is 238 g/mol. The van der Waals surface area contributed by atoms with E-state index in [1.165, 1.54) is 6.20 Å². The Hall–Kier alpha value is -0.880. The number of halogens is 1. The zero-order chi connectivity index (χ0) is 9.68. The third-order valence-corrected chi connectivity index (χ3v) is 2.01. The number of amides is 1. The summed E-state index contributed by atoms with van der Waals surface area (Å²) < 4.78 is 5.44. The lowest BCUT2D eigenvalue weighted by molar-refractivity contribution is 0.0931. The van der Waals surface area contributed by atoms with E-state index in [9.17, 15) is 4.79 Å². The number of nitrogens with zero attached hydrogens (tertiary/aromatic N) is 1. The summed E-state index contributed by atoms with van der Waals surface area (Å²) >= 11 is 3.19. The molecule has 13 heavy (non-hydrogen) atoms. The second-order valence-electron chi connectivity index (χ2n) is 2.34. The molecule has 0 radical (unpaired) electrons. The fraction of sp³-hybridized carbons (Fsp3) is 0.429. The smallest absolute Gasteiger partial charge is 0.270 e. The summed E-state index contributed by atoms with van der Waals surface area (Å²) in [6.07, 6.45) is 1.53. The van der Waals surface area contributed by atoms with Crippen molar-refractivity contribution in [2.75, 3.05) is 20.3 Å². The van der Waals surface area contributed by atoms with E-state index in [1.54, 1.807) is 7.11 Å². The van der Waals surface area contributed by atoms with Gasteiger partial charge in [-0.15, -0.1) is 0 Å². The van der Waals surface area contributed by atoms with E-state index in [-0.39, 0.29) is 5.91 Å². The van der Waals surface area contributed by atoms with Gasteiger partial charge in [-0.1, -0.05) is 0 Å². The van der Waals surface area contributed by atoms with E-state index in [2.05, 4.69) is 31.4 Å². The third kappa shape index (κ3) is 2.82. The van der Waals surface area contributed by atoms with Gasteiger partial charge in [0.05, 0.1) is 17.3 Å². The van der Waals surface area contributed by atoms with Crippen molar-refractivity contribution in [2.24, 2.45) is 0 Å². The van der Waals surface area contributed by atoms with Crippen molar-refractivity contribution < 1.29 is 9.53 Å². The van der Waals surface area contributed by atoms with Gasteiger partial charge in [0.25, 0.3) is 5.91 Å². The molecule has 5 nitrogen and oxygen atoms in total. The van der Waals surface area contributed by atoms with E-state index >= 15 is 0 Å². The normalized spacial score (nSPS) is 10.0. The number of carbonyl (C=O) groups excluding carboxylic acids is 1. The highest BCUT2D eigenvalue weighted by Gasteiger charge is 2.10. The maximum Gasteiger partial charge on any atom is 0.270 e. The predicted octanol–water partition coefficient (Wildman–Crippen LogP) is 0.548. The van der Waals surface area contributed by atoms with Crippen LogP contribution in [0.25, 0.3) is 0 Å². The Morgan fingerprint density at radius 2 is 2.62 bits per heavy atom. The number of aromatic nitrogens is 2. The molecule has 0 aliphatic rings. The molecule has 0 spiro atoms. The first kappa shape index (κ1) is 10.2. The number of nitrogens with one attached hydrogen (secondary N) is 2. The van der Waals surface area contributed by atoms with E-state index in [0.717, 1.165) is 0 Å². The zero-order valence-corrected chi connectivity index (χ0v) is 8.72. The zero-order valence-electron chi connectivity index (χ0n) is 7.13. The molecule has 1 heterocycles. The Morgan fingerprint density at radius 3 is 3.15 bits per heavy atom. The van der Waals surface area contributed by atoms with E-state index < -0.39 is 0 Å². The minimum absolute atomic E-state index is 0.193. The molecule has 0 bridgehead atoms. The summed E-state index contributed by atoms with van der Waals surface area (Å²) in [5, 5.41) is 8.95. The fourth-order valence-electron chi connectivity index (χ4n) is 0.786. The van der Waals surface area contributed by atoms with Gasteiger partial charge in [-0.05, 0) is 15.9 Å². The summed E-state index contributed by atoms with van der Waals surface area (Å²) in [4.78, 5) is 11.3. The molecule has 1 amide bonds. The van der Waals surface area contributed by atoms with Gasteiger partial charge in [0.2, 0.25) is 0 Å². The van der Waals surface area contributed by atoms with Crippen LogP contribution in [0.3, 0.4) is 0 Å². The molecule has 0 saturated carbocycles. The van der Waals surface area contributed by atoms with Crippen molar-refractivity contribution >= 4 is 21.8 Å². The molecule has 1 aromatic heterocycles. The molecule has 0 atom stereocenters. The Balaban J connectivity index is 2.45. The van der Waals surface area contributed by atoms with Crippen LogP contribution in [0.2, 0.25) is 0 Å². The van der Waals surface area contributed by atoms with Gasteiger partial charge in [0.1, 0.15) is 5.69 Å². The number of ether oxygens (including phenoxy) is 1. The summed E-state index contributed by atoms with van der Waals surface area (Å²) in [6, 6.07) is 0. The van der Waals surface area contributed by atoms with Crippen molar-refractivity contribution in [1.82, 2.24) is 15.5 Å². The van der Waals surface area contributed by atoms with Gasteiger partial charge in [-0.2, -0.15) is 5.10 Å². The lowest BCUT2D eigenvalue weighted by Gasteiger charge is -2.01. The Labute approximate surface area is 84.0 Å². The lowest BCUT2D eigenvalue weighted by Crippen LogP contribution is -2.27. The van der Waals surface area contributed by atoms with Crippen LogP contribution >= 0.6 is 15.9 Å². The fourth-order valence-corrected chi connectivity index (χ4v) is 1.16. The van der Waals surface area contributed by atoms with Crippen LogP contribution < -0.4 is 5.32 Å². The van der Waals surface area contributed by atoms with Crippen LogP contribution in [0, 0.1) is 0 Å². The SMILES string of the molecule is COCCNC(=O)c1[nH]ncc1Br. The van der Waals surface area contributed by atoms with Crippen LogP contribution in [-0.4, -0.2) is 36.4 Å². The predicted molar refractivity (Wildman–Crippen MR) is 50.5 cm³/mol. The molecule has 0 aliphatic carbocycles. The molecular formula is C7H10BrN3O2. The number of rotatable bonds is 4. The quantitative estimate of drug-likeness (QED) is 0.764. The Kier molecular flexibility index (Phi) is 3.91. The molecule has 1 rings (SSSR count). The maximum absolute atomic E-state index is 11.3. The van der Waals surface area contributed by atoms with Gasteiger partial charge >= 0.3 is 0 Å². The van der Waals surface area contributed by atoms with Crippen molar-refractivity contribution in [3.63, 3.8) is 0 Å². The molecule has 0 aromatic carbocycles. The minimum Gasteiger partial charge on any atom is -0.383 e. The van der Waals surface area contributed by atoms with Crippen LogP contribution in [0.15, 0.2) is 10.7 Å². The molecule has 0 fully saturated rings. The maximum atomic E-state index is 11.3. The highest BCUT2D eigenvalue weighted by molar-refractivity contribution is 9.10. The largest absolute Gasteiger partial charge is 0.383 e. The van der Waals surface area contributed by atoms with Crippen LogP contribution in [-0.2, 0) is 4.74 Å². The Morgan fingerprint density at radius 1 is 1.85 bits per heavy atom. The van der Waals surface area contributed by atoms with E-state index in [4.69, 9.17) is 4.74 Å². The van der Waals surface area contributed by atoms with Crippen molar-refractivity contribution in [3.05, 3.63) is 16.4 Å². The Bertz CT molecular complexity index is 287. The van der Waals surface area contributed by atoms with Gasteiger partial charge in [0, 0.05) is 13.7 Å². The second-order valence-corrected chi connectivity index (χ2v) is 3.20. The summed E-state index contributed by atoms with van der Waals surface area (Å²) in [6.45, 7) is 0.984. The van der Waals surface area contributed by atoms with Crippen molar-refractivity contribution in [3.8, 4) is 0 Å². The van der Waals surface area contributed by atoms with Crippen LogP contribution in [0.5, 0.6) is 0 Å². The average molecular weight is 248 g/mol. The molecule has 0 saturated heterocycles. The average Bonchev–Trinajstić information content (AvgIpc) is 2.52. The van der Waals surface area contributed by atoms with E-state index in [0.29, 0.717) is 23.3 Å². The van der Waals surface area contributed by atoms with Gasteiger partial charge in [0.15, 0.2) is 0 Å². The third-order valence-electron chi connectivity index (χ3n) is 1.41. The molecule has 0 aliphatic heterocycles. The van der Waals surface area contributed by atoms with Crippen LogP contribution in [0.1, 0.15) is 10.5 Å². The summed E-state index contributed by atoms with van der Waals surface area (Å²) in [7, 11) is 1.58. The highest BCUT2D eigenvalue weighted by Crippen LogP contribution is 2.11. The highest BCUT2D eigenvalue weighted by atomic mass is 79.9. The lowest BCUT2D eigenvalue weighted by atomic mass is 10.4. The van der Waals surface area contributed by atoms with Gasteiger partial charge in [-0.25, -0.2) is 0 Å². The number of aromatic amines is 1. The summed E-state index contributed by atoms with van der Waals surface area (Å²) in [5.41, 5.74) is 0.427. The number of H-pyrrole nitrogens is 1. The van der Waals surface area contributed by atoms with Crippen molar-refractivity contribution in [2.45, 2.75) is 0 Å². The number of carbonyl (C=O) groups is 1. The number of hydrogen-bond donors (Lipinski definition) is 2. The van der Waals surface area contributed by atoms with Gasteiger partial charge < -0.3 is 10.1 Å². The number of methoxy groups -OCH3 is 1.